The molecular weight excluding hydrogens is 381 g/mol. The molecule has 152 valence electrons. The van der Waals surface area contributed by atoms with E-state index in [1.54, 1.807) is 26.0 Å². The fraction of sp³-hybridized carbons (Fsp3) is 0.227. The lowest BCUT2D eigenvalue weighted by atomic mass is 10.1. The molecule has 0 aliphatic carbocycles. The van der Waals surface area contributed by atoms with Crippen molar-refractivity contribution in [2.24, 2.45) is 0 Å². The zero-order valence-corrected chi connectivity index (χ0v) is 16.3. The fourth-order valence-corrected chi connectivity index (χ4v) is 2.98. The summed E-state index contributed by atoms with van der Waals surface area (Å²) in [4.78, 5) is 14.2. The minimum atomic E-state index is -1.61. The highest BCUT2D eigenvalue weighted by Crippen LogP contribution is 2.23. The highest BCUT2D eigenvalue weighted by Gasteiger charge is 2.21. The maximum absolute atomic E-state index is 13.8. The minimum absolute atomic E-state index is 0.395. The van der Waals surface area contributed by atoms with Crippen LogP contribution in [0, 0.1) is 17.5 Å². The fourth-order valence-electron chi connectivity index (χ4n) is 2.98. The van der Waals surface area contributed by atoms with Gasteiger partial charge in [-0.2, -0.15) is 0 Å². The average Bonchev–Trinajstić information content (AvgIpc) is 2.73. The summed E-state index contributed by atoms with van der Waals surface area (Å²) in [5, 5.41) is 4.39. The van der Waals surface area contributed by atoms with Crippen LogP contribution in [-0.2, 0) is 11.3 Å². The molecule has 0 bridgehead atoms. The highest BCUT2D eigenvalue weighted by atomic mass is 19.2. The normalized spacial score (nSPS) is 12.2. The number of amides is 1. The first-order chi connectivity index (χ1) is 13.8. The van der Waals surface area contributed by atoms with Gasteiger partial charge in [0, 0.05) is 6.54 Å². The number of halogens is 3. The first kappa shape index (κ1) is 20.7. The second kappa shape index (κ2) is 8.53. The molecule has 0 aliphatic heterocycles. The number of hydrogen-bond acceptors (Lipinski definition) is 3. The minimum Gasteiger partial charge on any atom is -0.497 e. The van der Waals surface area contributed by atoms with E-state index in [9.17, 15) is 18.0 Å². The molecule has 0 radical (unpaired) electrons. The number of methoxy groups -OCH3 is 1. The van der Waals surface area contributed by atoms with Gasteiger partial charge in [-0.25, -0.2) is 13.2 Å². The van der Waals surface area contributed by atoms with Crippen molar-refractivity contribution in [3.8, 4) is 5.75 Å². The van der Waals surface area contributed by atoms with Crippen molar-refractivity contribution >= 4 is 22.4 Å². The maximum atomic E-state index is 13.8. The Bertz CT molecular complexity index is 1060. The molecule has 3 aromatic rings. The first-order valence-corrected chi connectivity index (χ1v) is 9.01. The lowest BCUT2D eigenvalue weighted by Gasteiger charge is -2.24. The molecule has 7 heteroatoms. The lowest BCUT2D eigenvalue weighted by molar-refractivity contribution is -0.120. The van der Waals surface area contributed by atoms with Gasteiger partial charge in [-0.3, -0.25) is 9.69 Å². The summed E-state index contributed by atoms with van der Waals surface area (Å²) >= 11 is 0. The summed E-state index contributed by atoms with van der Waals surface area (Å²) < 4.78 is 45.4. The van der Waals surface area contributed by atoms with E-state index in [0.29, 0.717) is 6.54 Å². The number of carbonyl (C=O) groups is 1. The Kier molecular flexibility index (Phi) is 6.08. The van der Waals surface area contributed by atoms with Crippen LogP contribution in [0.3, 0.4) is 0 Å². The Morgan fingerprint density at radius 1 is 1.03 bits per heavy atom. The van der Waals surface area contributed by atoms with Crippen molar-refractivity contribution in [1.29, 1.82) is 0 Å². The number of nitrogens with zero attached hydrogens (tertiary/aromatic N) is 1. The van der Waals surface area contributed by atoms with Gasteiger partial charge in [0.15, 0.2) is 17.5 Å². The average molecular weight is 402 g/mol. The third-order valence-corrected chi connectivity index (χ3v) is 4.88. The molecular formula is C22H21F3N2O2. The molecule has 3 rings (SSSR count). The van der Waals surface area contributed by atoms with Crippen LogP contribution in [0.4, 0.5) is 18.9 Å². The van der Waals surface area contributed by atoms with Gasteiger partial charge in [-0.1, -0.05) is 18.2 Å². The number of hydrogen-bond donors (Lipinski definition) is 1. The van der Waals surface area contributed by atoms with Crippen molar-refractivity contribution in [2.75, 3.05) is 19.5 Å². The van der Waals surface area contributed by atoms with Crippen molar-refractivity contribution in [3.63, 3.8) is 0 Å². The summed E-state index contributed by atoms with van der Waals surface area (Å²) in [7, 11) is 3.37. The van der Waals surface area contributed by atoms with Crippen LogP contribution < -0.4 is 10.1 Å². The van der Waals surface area contributed by atoms with Gasteiger partial charge in [-0.05, 0) is 60.6 Å². The molecule has 0 heterocycles. The summed E-state index contributed by atoms with van der Waals surface area (Å²) in [5.74, 6) is -4.09. The molecule has 0 unspecified atom stereocenters. The Morgan fingerprint density at radius 2 is 1.72 bits per heavy atom. The SMILES string of the molecule is COc1ccc2cc(CN(C)[C@@H](C)C(=O)Nc3ccc(F)c(F)c3F)ccc2c1. The first-order valence-electron chi connectivity index (χ1n) is 9.01. The molecule has 1 atom stereocenters. The summed E-state index contributed by atoms with van der Waals surface area (Å²) in [6.07, 6.45) is 0. The topological polar surface area (TPSA) is 41.6 Å². The van der Waals surface area contributed by atoms with E-state index in [4.69, 9.17) is 4.74 Å². The van der Waals surface area contributed by atoms with Crippen LogP contribution in [0.15, 0.2) is 48.5 Å². The number of carbonyl (C=O) groups excluding carboxylic acids is 1. The molecule has 3 aromatic carbocycles. The van der Waals surface area contributed by atoms with E-state index in [2.05, 4.69) is 5.32 Å². The molecule has 0 saturated heterocycles. The third kappa shape index (κ3) is 4.51. The standard InChI is InChI=1S/C22H21F3N2O2/c1-13(22(28)26-19-9-8-18(23)20(24)21(19)25)27(2)12-14-4-5-16-11-17(29-3)7-6-15(16)10-14/h4-11,13H,12H2,1-3H3,(H,26,28)/t13-/m0/s1. The predicted molar refractivity (Wildman–Crippen MR) is 106 cm³/mol. The van der Waals surface area contributed by atoms with Gasteiger partial charge in [0.1, 0.15) is 5.75 Å². The molecule has 0 saturated carbocycles. The van der Waals surface area contributed by atoms with Gasteiger partial charge in [0.2, 0.25) is 5.91 Å². The quantitative estimate of drug-likeness (QED) is 0.607. The van der Waals surface area contributed by atoms with E-state index in [-0.39, 0.29) is 0 Å². The lowest BCUT2D eigenvalue weighted by Crippen LogP contribution is -2.39. The van der Waals surface area contributed by atoms with Crippen molar-refractivity contribution in [2.45, 2.75) is 19.5 Å². The van der Waals surface area contributed by atoms with Gasteiger partial charge in [-0.15, -0.1) is 0 Å². The Balaban J connectivity index is 1.69. The number of rotatable bonds is 6. The molecule has 29 heavy (non-hydrogen) atoms. The maximum Gasteiger partial charge on any atom is 0.241 e. The Morgan fingerprint density at radius 3 is 2.45 bits per heavy atom. The second-order valence-corrected chi connectivity index (χ2v) is 6.85. The highest BCUT2D eigenvalue weighted by molar-refractivity contribution is 5.94. The zero-order chi connectivity index (χ0) is 21.1. The summed E-state index contributed by atoms with van der Waals surface area (Å²) in [6.45, 7) is 2.12. The Hall–Kier alpha value is -3.06. The van der Waals surface area contributed by atoms with Gasteiger partial charge < -0.3 is 10.1 Å². The van der Waals surface area contributed by atoms with E-state index >= 15 is 0 Å². The van der Waals surface area contributed by atoms with Crippen LogP contribution in [-0.4, -0.2) is 31.0 Å². The number of fused-ring (bicyclic) bond motifs is 1. The predicted octanol–water partition coefficient (Wildman–Crippen LogP) is 4.72. The van der Waals surface area contributed by atoms with E-state index in [1.165, 1.54) is 0 Å². The zero-order valence-electron chi connectivity index (χ0n) is 16.3. The van der Waals surface area contributed by atoms with E-state index in [1.807, 2.05) is 36.4 Å². The molecule has 0 spiro atoms. The number of anilines is 1. The van der Waals surface area contributed by atoms with Crippen molar-refractivity contribution < 1.29 is 22.7 Å². The molecule has 4 nitrogen and oxygen atoms in total. The number of benzene rings is 3. The van der Waals surface area contributed by atoms with Crippen LogP contribution in [0.25, 0.3) is 10.8 Å². The van der Waals surface area contributed by atoms with Gasteiger partial charge in [0.25, 0.3) is 0 Å². The largest absolute Gasteiger partial charge is 0.497 e. The summed E-state index contributed by atoms with van der Waals surface area (Å²) in [6, 6.07) is 12.9. The van der Waals surface area contributed by atoms with Crippen molar-refractivity contribution in [1.82, 2.24) is 4.90 Å². The van der Waals surface area contributed by atoms with Crippen LogP contribution in [0.5, 0.6) is 5.75 Å². The number of nitrogens with one attached hydrogen (secondary N) is 1. The molecule has 0 aromatic heterocycles. The van der Waals surface area contributed by atoms with Crippen molar-refractivity contribution in [3.05, 3.63) is 71.5 Å². The van der Waals surface area contributed by atoms with Crippen LogP contribution in [0.1, 0.15) is 12.5 Å². The smallest absolute Gasteiger partial charge is 0.241 e. The Labute approximate surface area is 166 Å². The van der Waals surface area contributed by atoms with Crippen LogP contribution in [0.2, 0.25) is 0 Å². The van der Waals surface area contributed by atoms with Gasteiger partial charge in [0.05, 0.1) is 18.8 Å². The third-order valence-electron chi connectivity index (χ3n) is 4.88. The number of ether oxygens (including phenoxy) is 1. The molecule has 1 amide bonds. The number of likely N-dealkylation sites (N-methyl/N-ethyl adjacent to an activating group) is 1. The molecule has 1 N–H and O–H groups in total. The van der Waals surface area contributed by atoms with Gasteiger partial charge >= 0.3 is 0 Å². The second-order valence-electron chi connectivity index (χ2n) is 6.85. The molecule has 0 fully saturated rings. The summed E-state index contributed by atoms with van der Waals surface area (Å²) in [5.41, 5.74) is 0.595. The monoisotopic (exact) mass is 402 g/mol. The molecule has 0 aliphatic rings. The van der Waals surface area contributed by atoms with E-state index in [0.717, 1.165) is 34.2 Å². The van der Waals surface area contributed by atoms with Crippen LogP contribution >= 0.6 is 0 Å². The van der Waals surface area contributed by atoms with E-state index < -0.39 is 35.1 Å².